The van der Waals surface area contributed by atoms with Crippen LogP contribution in [0.15, 0.2) is 29.4 Å². The van der Waals surface area contributed by atoms with Gasteiger partial charge in [-0.05, 0) is 13.0 Å². The quantitative estimate of drug-likeness (QED) is 0.807. The van der Waals surface area contributed by atoms with Crippen molar-refractivity contribution >= 4 is 11.8 Å². The normalized spacial score (nSPS) is 12.4. The van der Waals surface area contributed by atoms with Gasteiger partial charge in [-0.15, -0.1) is 5.10 Å². The fraction of sp³-hybridized carbons (Fsp3) is 0.333. The van der Waals surface area contributed by atoms with Crippen LogP contribution in [0.1, 0.15) is 16.6 Å². The molecule has 0 aliphatic rings. The number of nitrogens with zero attached hydrogens (tertiary/aromatic N) is 2. The Morgan fingerprint density at radius 1 is 1.44 bits per heavy atom. The number of ether oxygens (including phenoxy) is 1. The summed E-state index contributed by atoms with van der Waals surface area (Å²) in [5.74, 6) is 1.64. The summed E-state index contributed by atoms with van der Waals surface area (Å²) in [5.41, 5.74) is 6.91. The third-order valence-corrected chi connectivity index (χ3v) is 3.65. The third-order valence-electron chi connectivity index (χ3n) is 2.52. The Kier molecular flexibility index (Phi) is 4.22. The van der Waals surface area contributed by atoms with Gasteiger partial charge in [0.1, 0.15) is 11.6 Å². The summed E-state index contributed by atoms with van der Waals surface area (Å²) >= 11 is 1.53. The lowest BCUT2D eigenvalue weighted by Crippen LogP contribution is -2.10. The molecule has 1 atom stereocenters. The number of benzene rings is 1. The minimum Gasteiger partial charge on any atom is -0.496 e. The lowest BCUT2D eigenvalue weighted by molar-refractivity contribution is 0.409. The van der Waals surface area contributed by atoms with Crippen molar-refractivity contribution in [3.63, 3.8) is 0 Å². The first-order valence-corrected chi connectivity index (χ1v) is 6.51. The van der Waals surface area contributed by atoms with Crippen LogP contribution >= 0.6 is 11.8 Å². The molecule has 3 N–H and O–H groups in total. The van der Waals surface area contributed by atoms with E-state index in [1.807, 2.05) is 31.2 Å². The molecule has 1 aromatic carbocycles. The van der Waals surface area contributed by atoms with Crippen molar-refractivity contribution in [2.45, 2.75) is 17.3 Å². The van der Waals surface area contributed by atoms with Crippen molar-refractivity contribution < 1.29 is 4.74 Å². The maximum Gasteiger partial charge on any atom is 0.209 e. The smallest absolute Gasteiger partial charge is 0.209 e. The summed E-state index contributed by atoms with van der Waals surface area (Å²) in [6.07, 6.45) is 0. The summed E-state index contributed by atoms with van der Waals surface area (Å²) < 4.78 is 5.35. The molecular formula is C12H16N4OS. The summed E-state index contributed by atoms with van der Waals surface area (Å²) in [6.45, 7) is 2.37. The number of aromatic nitrogens is 3. The number of para-hydroxylation sites is 1. The Balaban J connectivity index is 2.22. The van der Waals surface area contributed by atoms with Gasteiger partial charge >= 0.3 is 0 Å². The van der Waals surface area contributed by atoms with Crippen LogP contribution in [0.4, 0.5) is 0 Å². The molecule has 0 saturated carbocycles. The molecule has 5 nitrogen and oxygen atoms in total. The van der Waals surface area contributed by atoms with Gasteiger partial charge in [0.05, 0.1) is 12.4 Å². The number of thioether (sulfide) groups is 1. The summed E-state index contributed by atoms with van der Waals surface area (Å²) in [6, 6.07) is 7.87. The largest absolute Gasteiger partial charge is 0.496 e. The van der Waals surface area contributed by atoms with Crippen molar-refractivity contribution in [2.24, 2.45) is 5.73 Å². The second-order valence-electron chi connectivity index (χ2n) is 3.79. The SMILES string of the molecule is COc1ccccc1C(CN)Sc1n[nH]c(C)n1. The average Bonchev–Trinajstić information content (AvgIpc) is 2.81. The highest BCUT2D eigenvalue weighted by molar-refractivity contribution is 7.99. The van der Waals surface area contributed by atoms with Crippen molar-refractivity contribution in [1.82, 2.24) is 15.2 Å². The highest BCUT2D eigenvalue weighted by Crippen LogP contribution is 2.36. The van der Waals surface area contributed by atoms with Gasteiger partial charge < -0.3 is 10.5 Å². The molecule has 0 aliphatic carbocycles. The molecule has 18 heavy (non-hydrogen) atoms. The van der Waals surface area contributed by atoms with Crippen molar-refractivity contribution in [2.75, 3.05) is 13.7 Å². The number of aryl methyl sites for hydroxylation is 1. The molecule has 0 fully saturated rings. The Hall–Kier alpha value is -1.53. The zero-order valence-corrected chi connectivity index (χ0v) is 11.2. The molecule has 0 amide bonds. The zero-order valence-electron chi connectivity index (χ0n) is 10.4. The van der Waals surface area contributed by atoms with Gasteiger partial charge in [-0.25, -0.2) is 4.98 Å². The summed E-state index contributed by atoms with van der Waals surface area (Å²) in [7, 11) is 1.66. The van der Waals surface area contributed by atoms with E-state index in [1.54, 1.807) is 7.11 Å². The fourth-order valence-corrected chi connectivity index (χ4v) is 2.63. The maximum atomic E-state index is 5.84. The molecule has 0 radical (unpaired) electrons. The highest BCUT2D eigenvalue weighted by atomic mass is 32.2. The Labute approximate surface area is 110 Å². The zero-order chi connectivity index (χ0) is 13.0. The van der Waals surface area contributed by atoms with Gasteiger partial charge in [-0.1, -0.05) is 30.0 Å². The molecule has 0 aliphatic heterocycles. The van der Waals surface area contributed by atoms with Gasteiger partial charge in [0.2, 0.25) is 5.16 Å². The lowest BCUT2D eigenvalue weighted by Gasteiger charge is -2.16. The number of aromatic amines is 1. The number of methoxy groups -OCH3 is 1. The van der Waals surface area contributed by atoms with Crippen molar-refractivity contribution in [3.05, 3.63) is 35.7 Å². The Morgan fingerprint density at radius 3 is 2.83 bits per heavy atom. The molecule has 96 valence electrons. The molecule has 1 aromatic heterocycles. The van der Waals surface area contributed by atoms with Crippen LogP contribution in [-0.2, 0) is 0 Å². The molecule has 1 unspecified atom stereocenters. The number of H-pyrrole nitrogens is 1. The van der Waals surface area contributed by atoms with Crippen LogP contribution in [0.25, 0.3) is 0 Å². The second kappa shape index (κ2) is 5.88. The fourth-order valence-electron chi connectivity index (χ4n) is 1.67. The number of hydrogen-bond donors (Lipinski definition) is 2. The number of nitrogens with one attached hydrogen (secondary N) is 1. The molecule has 0 spiro atoms. The molecule has 2 rings (SSSR count). The van der Waals surface area contributed by atoms with E-state index in [1.165, 1.54) is 11.8 Å². The van der Waals surface area contributed by atoms with Crippen LogP contribution < -0.4 is 10.5 Å². The van der Waals surface area contributed by atoms with Gasteiger partial charge in [0, 0.05) is 12.1 Å². The molecule has 0 bridgehead atoms. The molecule has 6 heteroatoms. The average molecular weight is 264 g/mol. The van der Waals surface area contributed by atoms with E-state index in [9.17, 15) is 0 Å². The van der Waals surface area contributed by atoms with E-state index in [0.717, 1.165) is 17.1 Å². The molecular weight excluding hydrogens is 248 g/mol. The Morgan fingerprint density at radius 2 is 2.22 bits per heavy atom. The van der Waals surface area contributed by atoms with Crippen molar-refractivity contribution in [1.29, 1.82) is 0 Å². The van der Waals surface area contributed by atoms with Gasteiger partial charge in [0.15, 0.2) is 0 Å². The number of nitrogens with two attached hydrogens (primary N) is 1. The molecule has 0 saturated heterocycles. The first kappa shape index (κ1) is 12.9. The predicted molar refractivity (Wildman–Crippen MR) is 71.8 cm³/mol. The lowest BCUT2D eigenvalue weighted by atomic mass is 10.1. The predicted octanol–water partition coefficient (Wildman–Crippen LogP) is 1.91. The summed E-state index contributed by atoms with van der Waals surface area (Å²) in [5, 5.41) is 7.72. The minimum atomic E-state index is 0.0800. The van der Waals surface area contributed by atoms with Gasteiger partial charge in [-0.2, -0.15) is 0 Å². The van der Waals surface area contributed by atoms with E-state index < -0.39 is 0 Å². The van der Waals surface area contributed by atoms with Crippen LogP contribution in [0.2, 0.25) is 0 Å². The standard InChI is InChI=1S/C12H16N4OS/c1-8-14-12(16-15-8)18-11(7-13)9-5-3-4-6-10(9)17-2/h3-6,11H,7,13H2,1-2H3,(H,14,15,16). The highest BCUT2D eigenvalue weighted by Gasteiger charge is 2.17. The topological polar surface area (TPSA) is 76.8 Å². The maximum absolute atomic E-state index is 5.84. The van der Waals surface area contributed by atoms with Crippen LogP contribution in [0.3, 0.4) is 0 Å². The monoisotopic (exact) mass is 264 g/mol. The number of hydrogen-bond acceptors (Lipinski definition) is 5. The third kappa shape index (κ3) is 2.83. The van der Waals surface area contributed by atoms with Gasteiger partial charge in [-0.3, -0.25) is 5.10 Å². The van der Waals surface area contributed by atoms with Crippen molar-refractivity contribution in [3.8, 4) is 5.75 Å². The van der Waals surface area contributed by atoms with E-state index in [0.29, 0.717) is 11.7 Å². The van der Waals surface area contributed by atoms with E-state index in [4.69, 9.17) is 10.5 Å². The first-order valence-electron chi connectivity index (χ1n) is 5.63. The van der Waals surface area contributed by atoms with Crippen LogP contribution in [-0.4, -0.2) is 28.8 Å². The van der Waals surface area contributed by atoms with Gasteiger partial charge in [0.25, 0.3) is 0 Å². The Bertz CT molecular complexity index is 514. The van der Waals surface area contributed by atoms with Crippen LogP contribution in [0.5, 0.6) is 5.75 Å². The summed E-state index contributed by atoms with van der Waals surface area (Å²) in [4.78, 5) is 4.28. The molecule has 2 aromatic rings. The second-order valence-corrected chi connectivity index (χ2v) is 4.96. The van der Waals surface area contributed by atoms with E-state index in [2.05, 4.69) is 15.2 Å². The number of rotatable bonds is 5. The minimum absolute atomic E-state index is 0.0800. The van der Waals surface area contributed by atoms with Crippen LogP contribution in [0, 0.1) is 6.92 Å². The van der Waals surface area contributed by atoms with E-state index >= 15 is 0 Å². The van der Waals surface area contributed by atoms with E-state index in [-0.39, 0.29) is 5.25 Å². The first-order chi connectivity index (χ1) is 8.74. The molecule has 1 heterocycles.